The van der Waals surface area contributed by atoms with Gasteiger partial charge >= 0.3 is 0 Å². The van der Waals surface area contributed by atoms with Crippen LogP contribution >= 0.6 is 0 Å². The maximum Gasteiger partial charge on any atom is 0.255 e. The molecule has 1 aliphatic rings. The fourth-order valence-corrected chi connectivity index (χ4v) is 1.76. The SMILES string of the molecule is C[C@@H]1CN(C(=O)c2cc[nH]c2)CCN1. The van der Waals surface area contributed by atoms with Crippen LogP contribution < -0.4 is 5.32 Å². The molecule has 1 aromatic heterocycles. The van der Waals surface area contributed by atoms with Crippen molar-refractivity contribution >= 4 is 5.91 Å². The molecule has 2 N–H and O–H groups in total. The summed E-state index contributed by atoms with van der Waals surface area (Å²) in [5.41, 5.74) is 0.749. The van der Waals surface area contributed by atoms with Crippen LogP contribution in [0.4, 0.5) is 0 Å². The van der Waals surface area contributed by atoms with Crippen molar-refractivity contribution in [1.82, 2.24) is 15.2 Å². The maximum atomic E-state index is 11.9. The predicted octanol–water partition coefficient (Wildman–Crippen LogP) is 0.449. The number of carbonyl (C=O) groups excluding carboxylic acids is 1. The Kier molecular flexibility index (Phi) is 2.54. The third kappa shape index (κ3) is 1.80. The minimum absolute atomic E-state index is 0.125. The Morgan fingerprint density at radius 3 is 3.14 bits per heavy atom. The standard InChI is InChI=1S/C10H15N3O/c1-8-7-13(5-4-12-8)10(14)9-2-3-11-6-9/h2-3,6,8,11-12H,4-5,7H2,1H3/t8-/m1/s1. The number of amides is 1. The average Bonchev–Trinajstić information content (AvgIpc) is 2.69. The molecule has 14 heavy (non-hydrogen) atoms. The molecule has 0 radical (unpaired) electrons. The van der Waals surface area contributed by atoms with Gasteiger partial charge in [0.2, 0.25) is 0 Å². The minimum Gasteiger partial charge on any atom is -0.367 e. The van der Waals surface area contributed by atoms with Crippen molar-refractivity contribution in [3.63, 3.8) is 0 Å². The zero-order valence-corrected chi connectivity index (χ0v) is 8.29. The van der Waals surface area contributed by atoms with Crippen LogP contribution in [-0.4, -0.2) is 41.5 Å². The van der Waals surface area contributed by atoms with E-state index in [0.717, 1.165) is 25.2 Å². The highest BCUT2D eigenvalue weighted by atomic mass is 16.2. The van der Waals surface area contributed by atoms with Crippen LogP contribution in [0.3, 0.4) is 0 Å². The van der Waals surface area contributed by atoms with E-state index in [-0.39, 0.29) is 5.91 Å². The van der Waals surface area contributed by atoms with Crippen molar-refractivity contribution in [3.8, 4) is 0 Å². The highest BCUT2D eigenvalue weighted by Crippen LogP contribution is 2.06. The summed E-state index contributed by atoms with van der Waals surface area (Å²) in [6.07, 6.45) is 3.52. The number of hydrogen-bond acceptors (Lipinski definition) is 2. The monoisotopic (exact) mass is 193 g/mol. The van der Waals surface area contributed by atoms with E-state index in [0.29, 0.717) is 6.04 Å². The lowest BCUT2D eigenvalue weighted by molar-refractivity contribution is 0.0709. The van der Waals surface area contributed by atoms with Crippen molar-refractivity contribution in [2.45, 2.75) is 13.0 Å². The van der Waals surface area contributed by atoms with E-state index in [1.165, 1.54) is 0 Å². The molecular formula is C10H15N3O. The predicted molar refractivity (Wildman–Crippen MR) is 54.2 cm³/mol. The molecule has 0 spiro atoms. The summed E-state index contributed by atoms with van der Waals surface area (Å²) in [7, 11) is 0. The molecule has 2 heterocycles. The summed E-state index contributed by atoms with van der Waals surface area (Å²) in [6.45, 7) is 4.58. The first-order chi connectivity index (χ1) is 6.77. The number of rotatable bonds is 1. The first kappa shape index (κ1) is 9.27. The quantitative estimate of drug-likeness (QED) is 0.680. The summed E-state index contributed by atoms with van der Waals surface area (Å²) in [6, 6.07) is 2.21. The van der Waals surface area contributed by atoms with Crippen LogP contribution in [0.2, 0.25) is 0 Å². The van der Waals surface area contributed by atoms with Gasteiger partial charge in [-0.2, -0.15) is 0 Å². The molecule has 4 heteroatoms. The van der Waals surface area contributed by atoms with Gasteiger partial charge in [0.25, 0.3) is 5.91 Å². The van der Waals surface area contributed by atoms with Crippen molar-refractivity contribution in [2.75, 3.05) is 19.6 Å². The number of aromatic nitrogens is 1. The Labute approximate surface area is 83.3 Å². The van der Waals surface area contributed by atoms with E-state index >= 15 is 0 Å². The zero-order valence-electron chi connectivity index (χ0n) is 8.29. The van der Waals surface area contributed by atoms with Gasteiger partial charge in [0.1, 0.15) is 0 Å². The second-order valence-corrected chi connectivity index (χ2v) is 3.71. The second-order valence-electron chi connectivity index (χ2n) is 3.71. The second kappa shape index (κ2) is 3.84. The summed E-state index contributed by atoms with van der Waals surface area (Å²) < 4.78 is 0. The van der Waals surface area contributed by atoms with Crippen LogP contribution in [0.1, 0.15) is 17.3 Å². The highest BCUT2D eigenvalue weighted by Gasteiger charge is 2.21. The molecule has 0 bridgehead atoms. The summed E-state index contributed by atoms with van der Waals surface area (Å²) in [4.78, 5) is 16.7. The molecule has 0 aliphatic carbocycles. The lowest BCUT2D eigenvalue weighted by Gasteiger charge is -2.31. The van der Waals surface area contributed by atoms with Crippen LogP contribution in [0.5, 0.6) is 0 Å². The number of nitrogens with one attached hydrogen (secondary N) is 2. The molecule has 1 saturated heterocycles. The van der Waals surface area contributed by atoms with Crippen LogP contribution in [0, 0.1) is 0 Å². The summed E-state index contributed by atoms with van der Waals surface area (Å²) >= 11 is 0. The van der Waals surface area contributed by atoms with Crippen LogP contribution in [-0.2, 0) is 0 Å². The molecule has 0 saturated carbocycles. The van der Waals surface area contributed by atoms with Gasteiger partial charge in [-0.05, 0) is 13.0 Å². The molecule has 1 aliphatic heterocycles. The fourth-order valence-electron chi connectivity index (χ4n) is 1.76. The van der Waals surface area contributed by atoms with E-state index in [1.807, 2.05) is 11.0 Å². The smallest absolute Gasteiger partial charge is 0.255 e. The van der Waals surface area contributed by atoms with Crippen molar-refractivity contribution in [1.29, 1.82) is 0 Å². The number of aromatic amines is 1. The Morgan fingerprint density at radius 2 is 2.50 bits per heavy atom. The molecule has 4 nitrogen and oxygen atoms in total. The largest absolute Gasteiger partial charge is 0.367 e. The topological polar surface area (TPSA) is 48.1 Å². The minimum atomic E-state index is 0.125. The number of nitrogens with zero attached hydrogens (tertiary/aromatic N) is 1. The van der Waals surface area contributed by atoms with Gasteiger partial charge in [-0.25, -0.2) is 0 Å². The van der Waals surface area contributed by atoms with Gasteiger partial charge in [0.05, 0.1) is 5.56 Å². The van der Waals surface area contributed by atoms with Gasteiger partial charge in [0, 0.05) is 38.1 Å². The maximum absolute atomic E-state index is 11.9. The molecule has 0 aromatic carbocycles. The molecule has 1 aromatic rings. The fraction of sp³-hybridized carbons (Fsp3) is 0.500. The lowest BCUT2D eigenvalue weighted by Crippen LogP contribution is -2.51. The molecule has 1 fully saturated rings. The van der Waals surface area contributed by atoms with E-state index in [1.54, 1.807) is 12.4 Å². The Balaban J connectivity index is 2.04. The van der Waals surface area contributed by atoms with E-state index in [4.69, 9.17) is 0 Å². The molecule has 1 atom stereocenters. The van der Waals surface area contributed by atoms with E-state index in [9.17, 15) is 4.79 Å². The van der Waals surface area contributed by atoms with Gasteiger partial charge in [-0.1, -0.05) is 0 Å². The van der Waals surface area contributed by atoms with Crippen LogP contribution in [0.25, 0.3) is 0 Å². The third-order valence-corrected chi connectivity index (χ3v) is 2.50. The van der Waals surface area contributed by atoms with Gasteiger partial charge in [-0.3, -0.25) is 4.79 Å². The highest BCUT2D eigenvalue weighted by molar-refractivity contribution is 5.94. The molecular weight excluding hydrogens is 178 g/mol. The van der Waals surface area contributed by atoms with Gasteiger partial charge < -0.3 is 15.2 Å². The van der Waals surface area contributed by atoms with Gasteiger partial charge in [-0.15, -0.1) is 0 Å². The first-order valence-corrected chi connectivity index (χ1v) is 4.93. The van der Waals surface area contributed by atoms with Gasteiger partial charge in [0.15, 0.2) is 0 Å². The van der Waals surface area contributed by atoms with Crippen molar-refractivity contribution < 1.29 is 4.79 Å². The average molecular weight is 193 g/mol. The number of H-pyrrole nitrogens is 1. The molecule has 2 rings (SSSR count). The zero-order chi connectivity index (χ0) is 9.97. The van der Waals surface area contributed by atoms with E-state index < -0.39 is 0 Å². The Bertz CT molecular complexity index is 307. The number of piperazine rings is 1. The normalized spacial score (nSPS) is 22.4. The first-order valence-electron chi connectivity index (χ1n) is 4.93. The number of carbonyl (C=O) groups is 1. The summed E-state index contributed by atoms with van der Waals surface area (Å²) in [5.74, 6) is 0.125. The Morgan fingerprint density at radius 1 is 1.64 bits per heavy atom. The molecule has 76 valence electrons. The molecule has 1 amide bonds. The third-order valence-electron chi connectivity index (χ3n) is 2.50. The molecule has 0 unspecified atom stereocenters. The van der Waals surface area contributed by atoms with Crippen molar-refractivity contribution in [2.24, 2.45) is 0 Å². The van der Waals surface area contributed by atoms with Crippen LogP contribution in [0.15, 0.2) is 18.5 Å². The van der Waals surface area contributed by atoms with Crippen molar-refractivity contribution in [3.05, 3.63) is 24.0 Å². The van der Waals surface area contributed by atoms with E-state index in [2.05, 4.69) is 17.2 Å². The summed E-state index contributed by atoms with van der Waals surface area (Å²) in [5, 5.41) is 3.31. The lowest BCUT2D eigenvalue weighted by atomic mass is 10.2. The Hall–Kier alpha value is -1.29. The number of hydrogen-bond donors (Lipinski definition) is 2.